The summed E-state index contributed by atoms with van der Waals surface area (Å²) in [5, 5.41) is 8.50. The van der Waals surface area contributed by atoms with Crippen LogP contribution in [0.4, 0.5) is 8.78 Å². The van der Waals surface area contributed by atoms with E-state index in [9.17, 15) is 13.6 Å². The average Bonchev–Trinajstić information content (AvgIpc) is 3.12. The summed E-state index contributed by atoms with van der Waals surface area (Å²) in [4.78, 5) is 15.2. The van der Waals surface area contributed by atoms with Gasteiger partial charge < -0.3 is 10.2 Å². The van der Waals surface area contributed by atoms with Gasteiger partial charge in [0.1, 0.15) is 0 Å². The van der Waals surface area contributed by atoms with E-state index in [0.717, 1.165) is 16.5 Å². The van der Waals surface area contributed by atoms with Gasteiger partial charge in [0.2, 0.25) is 0 Å². The lowest BCUT2D eigenvalue weighted by Crippen LogP contribution is -2.41. The van der Waals surface area contributed by atoms with E-state index in [4.69, 9.17) is 0 Å². The first-order valence-electron chi connectivity index (χ1n) is 10.7. The second kappa shape index (κ2) is 8.38. The largest absolute Gasteiger partial charge is 0.342 e. The lowest BCUT2D eigenvalue weighted by molar-refractivity contribution is -0.0555. The number of hydrogen-bond donors (Lipinski definition) is 1. The van der Waals surface area contributed by atoms with Crippen molar-refractivity contribution in [2.75, 3.05) is 19.6 Å². The number of hydrogen-bond acceptors (Lipinski definition) is 3. The number of likely N-dealkylation sites (tertiary alicyclic amines) is 1. The van der Waals surface area contributed by atoms with Crippen LogP contribution in [0.1, 0.15) is 42.7 Å². The molecule has 31 heavy (non-hydrogen) atoms. The summed E-state index contributed by atoms with van der Waals surface area (Å²) in [7, 11) is 0. The normalized spacial score (nSPS) is 17.0. The Hall–Kier alpha value is -2.80. The molecule has 1 N–H and O–H groups in total. The quantitative estimate of drug-likeness (QED) is 0.634. The van der Waals surface area contributed by atoms with Crippen molar-refractivity contribution in [3.63, 3.8) is 0 Å². The number of piperidine rings is 1. The fraction of sp³-hybridized carbons (Fsp3) is 0.417. The molecule has 2 aromatic carbocycles. The van der Waals surface area contributed by atoms with E-state index >= 15 is 0 Å². The van der Waals surface area contributed by atoms with Crippen LogP contribution in [0.15, 0.2) is 54.6 Å². The summed E-state index contributed by atoms with van der Waals surface area (Å²) in [6.07, 6.45) is -0.204. The van der Waals surface area contributed by atoms with Gasteiger partial charge in [0.25, 0.3) is 11.8 Å². The van der Waals surface area contributed by atoms with Crippen molar-refractivity contribution in [2.24, 2.45) is 0 Å². The summed E-state index contributed by atoms with van der Waals surface area (Å²) in [5.41, 5.74) is 1.70. The Morgan fingerprint density at radius 3 is 2.39 bits per heavy atom. The predicted octanol–water partition coefficient (Wildman–Crippen LogP) is 4.43. The molecule has 1 saturated heterocycles. The minimum Gasteiger partial charge on any atom is -0.342 e. The minimum atomic E-state index is -2.55. The van der Waals surface area contributed by atoms with Gasteiger partial charge in [-0.05, 0) is 25.5 Å². The molecule has 7 heteroatoms. The van der Waals surface area contributed by atoms with Crippen LogP contribution >= 0.6 is 0 Å². The molecule has 0 spiro atoms. The molecule has 1 aliphatic heterocycles. The van der Waals surface area contributed by atoms with E-state index in [2.05, 4.69) is 10.4 Å². The van der Waals surface area contributed by atoms with Crippen LogP contribution in [0.3, 0.4) is 0 Å². The number of benzene rings is 2. The average molecular weight is 427 g/mol. The molecular weight excluding hydrogens is 398 g/mol. The summed E-state index contributed by atoms with van der Waals surface area (Å²) in [6, 6.07) is 17.4. The lowest BCUT2D eigenvalue weighted by Gasteiger charge is -2.31. The number of rotatable bonds is 6. The van der Waals surface area contributed by atoms with Gasteiger partial charge >= 0.3 is 0 Å². The van der Waals surface area contributed by atoms with Crippen molar-refractivity contribution < 1.29 is 13.6 Å². The third-order valence-corrected chi connectivity index (χ3v) is 6.01. The maximum Gasteiger partial charge on any atom is 0.273 e. The van der Waals surface area contributed by atoms with E-state index in [1.165, 1.54) is 0 Å². The zero-order valence-electron chi connectivity index (χ0n) is 17.9. The molecule has 4 rings (SSSR count). The summed E-state index contributed by atoms with van der Waals surface area (Å²) in [6.45, 7) is 5.85. The second-order valence-electron chi connectivity index (χ2n) is 8.73. The lowest BCUT2D eigenvalue weighted by atomic mass is 9.94. The summed E-state index contributed by atoms with van der Waals surface area (Å²) in [5.74, 6) is -2.78. The number of carbonyl (C=O) groups is 1. The third-order valence-electron chi connectivity index (χ3n) is 6.01. The smallest absolute Gasteiger partial charge is 0.273 e. The third kappa shape index (κ3) is 4.77. The van der Waals surface area contributed by atoms with Gasteiger partial charge in [0, 0.05) is 37.9 Å². The number of fused-ring (bicyclic) bond motifs is 1. The fourth-order valence-corrected chi connectivity index (χ4v) is 4.08. The topological polar surface area (TPSA) is 50.2 Å². The fourth-order valence-electron chi connectivity index (χ4n) is 4.08. The maximum atomic E-state index is 13.4. The number of aromatic nitrogens is 2. The summed E-state index contributed by atoms with van der Waals surface area (Å²) < 4.78 is 28.6. The molecule has 5 nitrogen and oxygen atoms in total. The molecule has 2 heterocycles. The molecular formula is C24H28F2N4O. The first-order valence-corrected chi connectivity index (χ1v) is 10.7. The van der Waals surface area contributed by atoms with E-state index in [1.54, 1.807) is 0 Å². The number of amides is 1. The zero-order valence-corrected chi connectivity index (χ0v) is 17.9. The van der Waals surface area contributed by atoms with Crippen molar-refractivity contribution in [2.45, 2.75) is 44.7 Å². The van der Waals surface area contributed by atoms with E-state index in [0.29, 0.717) is 31.9 Å². The molecule has 1 fully saturated rings. The van der Waals surface area contributed by atoms with Gasteiger partial charge in [0.15, 0.2) is 5.69 Å². The van der Waals surface area contributed by atoms with Gasteiger partial charge in [-0.3, -0.25) is 9.48 Å². The first kappa shape index (κ1) is 21.4. The van der Waals surface area contributed by atoms with E-state index in [-0.39, 0.29) is 18.7 Å². The van der Waals surface area contributed by atoms with Crippen molar-refractivity contribution in [3.05, 3.63) is 65.9 Å². The number of carbonyl (C=O) groups excluding carboxylic acids is 1. The molecule has 1 aliphatic rings. The zero-order chi connectivity index (χ0) is 22.1. The number of nitrogens with zero attached hydrogens (tertiary/aromatic N) is 3. The number of halogens is 2. The van der Waals surface area contributed by atoms with Crippen LogP contribution < -0.4 is 5.32 Å². The van der Waals surface area contributed by atoms with Crippen molar-refractivity contribution >= 4 is 16.8 Å². The van der Waals surface area contributed by atoms with Gasteiger partial charge in [0.05, 0.1) is 17.6 Å². The van der Waals surface area contributed by atoms with Gasteiger partial charge in [-0.2, -0.15) is 5.10 Å². The first-order chi connectivity index (χ1) is 14.8. The highest BCUT2D eigenvalue weighted by molar-refractivity contribution is 6.05. The number of nitrogens with one attached hydrogen (secondary N) is 1. The highest BCUT2D eigenvalue weighted by Crippen LogP contribution is 2.28. The number of para-hydroxylation sites is 1. The Morgan fingerprint density at radius 1 is 1.03 bits per heavy atom. The minimum absolute atomic E-state index is 0.102. The van der Waals surface area contributed by atoms with Crippen molar-refractivity contribution in [1.82, 2.24) is 20.0 Å². The molecule has 0 unspecified atom stereocenters. The highest BCUT2D eigenvalue weighted by atomic mass is 19.3. The Bertz CT molecular complexity index is 1050. The maximum absolute atomic E-state index is 13.4. The molecule has 1 amide bonds. The van der Waals surface area contributed by atoms with E-state index < -0.39 is 11.5 Å². The van der Waals surface area contributed by atoms with Gasteiger partial charge in [-0.1, -0.05) is 48.5 Å². The molecule has 0 aliphatic carbocycles. The Labute approximate surface area is 181 Å². The van der Waals surface area contributed by atoms with Gasteiger partial charge in [-0.25, -0.2) is 8.78 Å². The molecule has 164 valence electrons. The van der Waals surface area contributed by atoms with Crippen LogP contribution in [-0.4, -0.2) is 46.1 Å². The SMILES string of the molecule is CC(C)(NC(=O)c1nn(CCN2CCC(F)(F)CC2)c2ccccc12)c1ccccc1. The Kier molecular flexibility index (Phi) is 5.79. The van der Waals surface area contributed by atoms with Crippen LogP contribution in [0.25, 0.3) is 10.9 Å². The monoisotopic (exact) mass is 426 g/mol. The molecule has 0 saturated carbocycles. The second-order valence-corrected chi connectivity index (χ2v) is 8.73. The van der Waals surface area contributed by atoms with Gasteiger partial charge in [-0.15, -0.1) is 0 Å². The van der Waals surface area contributed by atoms with Crippen molar-refractivity contribution in [3.8, 4) is 0 Å². The molecule has 1 aromatic heterocycles. The van der Waals surface area contributed by atoms with E-state index in [1.807, 2.05) is 78.0 Å². The summed E-state index contributed by atoms with van der Waals surface area (Å²) >= 11 is 0. The number of alkyl halides is 2. The molecule has 0 radical (unpaired) electrons. The molecule has 3 aromatic rings. The van der Waals surface area contributed by atoms with Crippen molar-refractivity contribution in [1.29, 1.82) is 0 Å². The molecule has 0 atom stereocenters. The van der Waals surface area contributed by atoms with Crippen LogP contribution in [0, 0.1) is 0 Å². The Morgan fingerprint density at radius 2 is 1.68 bits per heavy atom. The standard InChI is InChI=1S/C24H28F2N4O/c1-23(2,18-8-4-3-5-9-18)27-22(31)21-19-10-6-7-11-20(19)30(28-21)17-16-29-14-12-24(25,26)13-15-29/h3-11H,12-17H2,1-2H3,(H,27,31). The highest BCUT2D eigenvalue weighted by Gasteiger charge is 2.34. The predicted molar refractivity (Wildman–Crippen MR) is 117 cm³/mol. The Balaban J connectivity index is 1.52. The van der Waals surface area contributed by atoms with Crippen LogP contribution in [0.2, 0.25) is 0 Å². The molecule has 0 bridgehead atoms. The van der Waals surface area contributed by atoms with Crippen LogP contribution in [-0.2, 0) is 12.1 Å². The van der Waals surface area contributed by atoms with Crippen LogP contribution in [0.5, 0.6) is 0 Å².